The molecule has 1 aliphatic heterocycles. The van der Waals surface area contributed by atoms with Crippen molar-refractivity contribution < 1.29 is 9.84 Å². The summed E-state index contributed by atoms with van der Waals surface area (Å²) in [5, 5.41) is 10.5. The summed E-state index contributed by atoms with van der Waals surface area (Å²) >= 11 is 0. The second-order valence-corrected chi connectivity index (χ2v) is 7.20. The Kier molecular flexibility index (Phi) is 4.89. The maximum Gasteiger partial charge on any atom is 0.148 e. The summed E-state index contributed by atoms with van der Waals surface area (Å²) in [4.78, 5) is 11.7. The zero-order valence-electron chi connectivity index (χ0n) is 15.9. The van der Waals surface area contributed by atoms with Gasteiger partial charge in [0, 0.05) is 25.1 Å². The fourth-order valence-electron chi connectivity index (χ4n) is 3.75. The molecule has 0 aliphatic carbocycles. The third kappa shape index (κ3) is 3.39. The van der Waals surface area contributed by atoms with Gasteiger partial charge in [0.25, 0.3) is 0 Å². The topological polar surface area (TPSA) is 58.5 Å². The van der Waals surface area contributed by atoms with Gasteiger partial charge in [-0.3, -0.25) is 0 Å². The second kappa shape index (κ2) is 7.49. The largest absolute Gasteiger partial charge is 0.494 e. The number of terminal acetylenes is 1. The molecule has 3 aromatic rings. The molecule has 1 aliphatic rings. The number of benzene rings is 2. The molecular formula is C23H23N3O2. The molecule has 4 rings (SSSR count). The molecule has 0 radical (unpaired) electrons. The van der Waals surface area contributed by atoms with Crippen LogP contribution in [0.25, 0.3) is 22.2 Å². The molecule has 28 heavy (non-hydrogen) atoms. The van der Waals surface area contributed by atoms with Crippen LogP contribution in [-0.2, 0) is 0 Å². The molecule has 1 N–H and O–H groups in total. The second-order valence-electron chi connectivity index (χ2n) is 7.20. The van der Waals surface area contributed by atoms with Gasteiger partial charge in [-0.25, -0.2) is 9.97 Å². The molecule has 5 nitrogen and oxygen atoms in total. The van der Waals surface area contributed by atoms with E-state index >= 15 is 0 Å². The standard InChI is InChI=1S/C23H23N3O2/c1-3-11-23(27)12-14-26(15-13-23)20-16-24-21-18(17-7-5-4-6-8-17)9-10-19(28-2)22(21)25-20/h1,4-10,16,27H,11-15H2,2H3. The normalized spacial score (nSPS) is 16.0. The van der Waals surface area contributed by atoms with Gasteiger partial charge in [-0.15, -0.1) is 12.3 Å². The third-order valence-electron chi connectivity index (χ3n) is 5.40. The fraction of sp³-hybridized carbons (Fsp3) is 0.304. The van der Waals surface area contributed by atoms with Crippen LogP contribution in [-0.4, -0.2) is 40.9 Å². The highest BCUT2D eigenvalue weighted by atomic mass is 16.5. The van der Waals surface area contributed by atoms with Crippen molar-refractivity contribution in [2.45, 2.75) is 24.9 Å². The average molecular weight is 373 g/mol. The zero-order chi connectivity index (χ0) is 19.6. The van der Waals surface area contributed by atoms with E-state index in [1.54, 1.807) is 13.3 Å². The molecule has 1 aromatic heterocycles. The predicted molar refractivity (Wildman–Crippen MR) is 111 cm³/mol. The van der Waals surface area contributed by atoms with Gasteiger partial charge < -0.3 is 14.7 Å². The molecule has 0 unspecified atom stereocenters. The number of ether oxygens (including phenoxy) is 1. The smallest absolute Gasteiger partial charge is 0.148 e. The minimum absolute atomic E-state index is 0.387. The van der Waals surface area contributed by atoms with Crippen LogP contribution < -0.4 is 9.64 Å². The maximum atomic E-state index is 10.5. The van der Waals surface area contributed by atoms with Gasteiger partial charge in [0.15, 0.2) is 0 Å². The minimum atomic E-state index is -0.770. The van der Waals surface area contributed by atoms with Gasteiger partial charge in [-0.1, -0.05) is 30.3 Å². The summed E-state index contributed by atoms with van der Waals surface area (Å²) in [6.07, 6.45) is 8.83. The summed E-state index contributed by atoms with van der Waals surface area (Å²) in [7, 11) is 1.64. The van der Waals surface area contributed by atoms with Crippen LogP contribution in [0.15, 0.2) is 48.7 Å². The maximum absolute atomic E-state index is 10.5. The van der Waals surface area contributed by atoms with Crippen LogP contribution in [0.4, 0.5) is 5.82 Å². The quantitative estimate of drug-likeness (QED) is 0.708. The van der Waals surface area contributed by atoms with Crippen molar-refractivity contribution in [3.63, 3.8) is 0 Å². The Labute approximate surface area is 165 Å². The monoisotopic (exact) mass is 373 g/mol. The Morgan fingerprint density at radius 2 is 1.89 bits per heavy atom. The Bertz CT molecular complexity index is 1020. The summed E-state index contributed by atoms with van der Waals surface area (Å²) in [5.74, 6) is 4.07. The van der Waals surface area contributed by atoms with Gasteiger partial charge in [-0.05, 0) is 30.5 Å². The first kappa shape index (κ1) is 18.3. The minimum Gasteiger partial charge on any atom is -0.494 e. The van der Waals surface area contributed by atoms with Crippen molar-refractivity contribution in [3.8, 4) is 29.2 Å². The Morgan fingerprint density at radius 3 is 2.57 bits per heavy atom. The number of rotatable bonds is 4. The number of piperidine rings is 1. The van der Waals surface area contributed by atoms with E-state index in [4.69, 9.17) is 21.1 Å². The van der Waals surface area contributed by atoms with Gasteiger partial charge in [-0.2, -0.15) is 0 Å². The molecule has 0 saturated carbocycles. The van der Waals surface area contributed by atoms with Crippen molar-refractivity contribution >= 4 is 16.9 Å². The molecule has 0 amide bonds. The van der Waals surface area contributed by atoms with Crippen LogP contribution in [0.1, 0.15) is 19.3 Å². The highest BCUT2D eigenvalue weighted by molar-refractivity contribution is 5.95. The molecule has 0 spiro atoms. The first-order valence-corrected chi connectivity index (χ1v) is 9.43. The lowest BCUT2D eigenvalue weighted by molar-refractivity contribution is 0.0211. The zero-order valence-corrected chi connectivity index (χ0v) is 15.9. The van der Waals surface area contributed by atoms with Crippen LogP contribution in [0.3, 0.4) is 0 Å². The molecule has 0 atom stereocenters. The number of fused-ring (bicyclic) bond motifs is 1. The lowest BCUT2D eigenvalue weighted by atomic mass is 9.88. The molecule has 0 bridgehead atoms. The third-order valence-corrected chi connectivity index (χ3v) is 5.40. The Balaban J connectivity index is 1.70. The molecule has 1 fully saturated rings. The van der Waals surface area contributed by atoms with Crippen molar-refractivity contribution in [2.75, 3.05) is 25.1 Å². The van der Waals surface area contributed by atoms with Crippen LogP contribution in [0.2, 0.25) is 0 Å². The van der Waals surface area contributed by atoms with Crippen molar-refractivity contribution in [3.05, 3.63) is 48.7 Å². The average Bonchev–Trinajstić information content (AvgIpc) is 2.74. The van der Waals surface area contributed by atoms with E-state index in [1.165, 1.54) is 0 Å². The van der Waals surface area contributed by atoms with E-state index in [2.05, 4.69) is 23.0 Å². The number of nitrogens with zero attached hydrogens (tertiary/aromatic N) is 3. The molecule has 5 heteroatoms. The summed E-state index contributed by atoms with van der Waals surface area (Å²) in [6.45, 7) is 1.39. The van der Waals surface area contributed by atoms with Crippen molar-refractivity contribution in [1.82, 2.24) is 9.97 Å². The van der Waals surface area contributed by atoms with Crippen molar-refractivity contribution in [2.24, 2.45) is 0 Å². The number of methoxy groups -OCH3 is 1. The number of hydrogen-bond acceptors (Lipinski definition) is 5. The first-order valence-electron chi connectivity index (χ1n) is 9.43. The van der Waals surface area contributed by atoms with E-state index in [0.717, 1.165) is 28.0 Å². The number of aromatic nitrogens is 2. The lowest BCUT2D eigenvalue weighted by Crippen LogP contribution is -2.44. The van der Waals surface area contributed by atoms with E-state index in [1.807, 2.05) is 30.3 Å². The predicted octanol–water partition coefficient (Wildman–Crippen LogP) is 3.66. The molecule has 2 heterocycles. The fourth-order valence-corrected chi connectivity index (χ4v) is 3.75. The Hall–Kier alpha value is -3.10. The SMILES string of the molecule is C#CCC1(O)CCN(c2cnc3c(-c4ccccc4)ccc(OC)c3n2)CC1. The summed E-state index contributed by atoms with van der Waals surface area (Å²) in [6, 6.07) is 14.1. The van der Waals surface area contributed by atoms with Gasteiger partial charge in [0.2, 0.25) is 0 Å². The first-order chi connectivity index (χ1) is 13.6. The molecular weight excluding hydrogens is 350 g/mol. The number of aliphatic hydroxyl groups is 1. The van der Waals surface area contributed by atoms with Gasteiger partial charge in [0.05, 0.1) is 18.9 Å². The van der Waals surface area contributed by atoms with E-state index in [-0.39, 0.29) is 0 Å². The number of hydrogen-bond donors (Lipinski definition) is 1. The van der Waals surface area contributed by atoms with E-state index in [9.17, 15) is 5.11 Å². The molecule has 142 valence electrons. The van der Waals surface area contributed by atoms with E-state index < -0.39 is 5.60 Å². The highest BCUT2D eigenvalue weighted by Gasteiger charge is 2.32. The van der Waals surface area contributed by atoms with Gasteiger partial charge >= 0.3 is 0 Å². The van der Waals surface area contributed by atoms with Gasteiger partial charge in [0.1, 0.15) is 22.6 Å². The van der Waals surface area contributed by atoms with E-state index in [0.29, 0.717) is 38.1 Å². The molecule has 1 saturated heterocycles. The lowest BCUT2D eigenvalue weighted by Gasteiger charge is -2.37. The molecule has 2 aromatic carbocycles. The van der Waals surface area contributed by atoms with Crippen LogP contribution in [0.5, 0.6) is 5.75 Å². The van der Waals surface area contributed by atoms with Crippen LogP contribution in [0, 0.1) is 12.3 Å². The van der Waals surface area contributed by atoms with Crippen molar-refractivity contribution in [1.29, 1.82) is 0 Å². The number of anilines is 1. The summed E-state index contributed by atoms with van der Waals surface area (Å²) in [5.41, 5.74) is 2.90. The van der Waals surface area contributed by atoms with Crippen LogP contribution >= 0.6 is 0 Å². The highest BCUT2D eigenvalue weighted by Crippen LogP contribution is 2.34. The summed E-state index contributed by atoms with van der Waals surface area (Å²) < 4.78 is 5.54. The Morgan fingerprint density at radius 1 is 1.14 bits per heavy atom.